The minimum absolute atomic E-state index is 0.319. The molecule has 0 atom stereocenters. The molecule has 1 aromatic heterocycles. The molecule has 7 nitrogen and oxygen atoms in total. The maximum atomic E-state index is 12.2. The van der Waals surface area contributed by atoms with E-state index in [4.69, 9.17) is 20.5 Å². The minimum atomic E-state index is -0.422. The summed E-state index contributed by atoms with van der Waals surface area (Å²) in [6.07, 6.45) is 1.48. The molecule has 2 aromatic rings. The Bertz CT molecular complexity index is 902. The summed E-state index contributed by atoms with van der Waals surface area (Å²) in [5, 5.41) is 13.3. The fraction of sp³-hybridized carbons (Fsp3) is 0.235. The molecule has 0 aliphatic rings. The Morgan fingerprint density at radius 3 is 2.85 bits per heavy atom. The van der Waals surface area contributed by atoms with Crippen LogP contribution in [0, 0.1) is 18.3 Å². The van der Waals surface area contributed by atoms with E-state index in [2.05, 4.69) is 26.5 Å². The molecule has 136 valence electrons. The number of hydrazone groups is 1. The van der Waals surface area contributed by atoms with Crippen molar-refractivity contribution < 1.29 is 14.3 Å². The van der Waals surface area contributed by atoms with E-state index in [9.17, 15) is 4.79 Å². The number of nitrogen functional groups attached to an aromatic ring is 1. The number of hydrogen-bond donors (Lipinski definition) is 2. The number of methoxy groups -OCH3 is 1. The van der Waals surface area contributed by atoms with Gasteiger partial charge in [-0.3, -0.25) is 4.79 Å². The lowest BCUT2D eigenvalue weighted by Gasteiger charge is -2.11. The smallest absolute Gasteiger partial charge is 0.281 e. The number of nitriles is 1. The van der Waals surface area contributed by atoms with Gasteiger partial charge in [-0.2, -0.15) is 10.4 Å². The molecule has 0 unspecified atom stereocenters. The fourth-order valence-corrected chi connectivity index (χ4v) is 3.69. The lowest BCUT2D eigenvalue weighted by molar-refractivity contribution is 0.0958. The average Bonchev–Trinajstić information content (AvgIpc) is 2.90. The van der Waals surface area contributed by atoms with E-state index in [1.54, 1.807) is 26.2 Å². The number of nitrogens with zero attached hydrogens (tertiary/aromatic N) is 2. The number of halogens is 1. The molecule has 0 saturated carbocycles. The molecule has 0 fully saturated rings. The van der Waals surface area contributed by atoms with Crippen LogP contribution in [0.5, 0.6) is 11.5 Å². The van der Waals surface area contributed by atoms with Crippen molar-refractivity contribution in [2.45, 2.75) is 13.8 Å². The van der Waals surface area contributed by atoms with Gasteiger partial charge in [0.25, 0.3) is 5.91 Å². The Morgan fingerprint density at radius 1 is 1.54 bits per heavy atom. The van der Waals surface area contributed by atoms with Crippen LogP contribution in [0.1, 0.15) is 33.3 Å². The number of amides is 1. The second-order valence-corrected chi connectivity index (χ2v) is 6.98. The number of ether oxygens (including phenoxy) is 2. The second kappa shape index (κ2) is 8.69. The van der Waals surface area contributed by atoms with Crippen LogP contribution in [-0.2, 0) is 0 Å². The van der Waals surface area contributed by atoms with E-state index in [0.29, 0.717) is 49.1 Å². The first-order valence-electron chi connectivity index (χ1n) is 7.55. The summed E-state index contributed by atoms with van der Waals surface area (Å²) < 4.78 is 11.6. The van der Waals surface area contributed by atoms with Crippen molar-refractivity contribution in [1.29, 1.82) is 5.26 Å². The zero-order valence-corrected chi connectivity index (χ0v) is 16.8. The topological polar surface area (TPSA) is 110 Å². The third-order valence-electron chi connectivity index (χ3n) is 3.41. The largest absolute Gasteiger partial charge is 0.493 e. The van der Waals surface area contributed by atoms with Gasteiger partial charge >= 0.3 is 0 Å². The monoisotopic (exact) mass is 436 g/mol. The molecule has 0 bridgehead atoms. The van der Waals surface area contributed by atoms with Crippen molar-refractivity contribution >= 4 is 44.4 Å². The maximum Gasteiger partial charge on any atom is 0.281 e. The highest BCUT2D eigenvalue weighted by molar-refractivity contribution is 9.10. The molecule has 0 radical (unpaired) electrons. The Labute approximate surface area is 163 Å². The summed E-state index contributed by atoms with van der Waals surface area (Å²) in [4.78, 5) is 12.6. The summed E-state index contributed by atoms with van der Waals surface area (Å²) in [5.74, 6) is 0.730. The Hall–Kier alpha value is -2.57. The van der Waals surface area contributed by atoms with E-state index >= 15 is 0 Å². The quantitative estimate of drug-likeness (QED) is 0.532. The van der Waals surface area contributed by atoms with Gasteiger partial charge in [0.15, 0.2) is 11.5 Å². The van der Waals surface area contributed by atoms with Crippen molar-refractivity contribution in [2.75, 3.05) is 19.5 Å². The molecule has 3 N–H and O–H groups in total. The average molecular weight is 437 g/mol. The van der Waals surface area contributed by atoms with Crippen LogP contribution in [0.2, 0.25) is 0 Å². The second-order valence-electron chi connectivity index (χ2n) is 5.07. The van der Waals surface area contributed by atoms with Gasteiger partial charge in [0.2, 0.25) is 0 Å². The number of carbonyl (C=O) groups excluding carboxylic acids is 1. The van der Waals surface area contributed by atoms with Gasteiger partial charge in [-0.05, 0) is 53.0 Å². The molecule has 0 aliphatic heterocycles. The van der Waals surface area contributed by atoms with Gasteiger partial charge in [-0.15, -0.1) is 11.3 Å². The molecule has 2 rings (SSSR count). The predicted octanol–water partition coefficient (Wildman–Crippen LogP) is 3.44. The number of hydrogen-bond acceptors (Lipinski definition) is 7. The van der Waals surface area contributed by atoms with Crippen molar-refractivity contribution in [3.8, 4) is 17.6 Å². The van der Waals surface area contributed by atoms with Crippen molar-refractivity contribution in [3.05, 3.63) is 38.2 Å². The minimum Gasteiger partial charge on any atom is -0.493 e. The van der Waals surface area contributed by atoms with E-state index in [-0.39, 0.29) is 0 Å². The summed E-state index contributed by atoms with van der Waals surface area (Å²) in [7, 11) is 1.55. The number of rotatable bonds is 6. The van der Waals surface area contributed by atoms with Crippen LogP contribution in [0.3, 0.4) is 0 Å². The highest BCUT2D eigenvalue weighted by Gasteiger charge is 2.18. The van der Waals surface area contributed by atoms with Gasteiger partial charge in [0.1, 0.15) is 15.9 Å². The van der Waals surface area contributed by atoms with Crippen LogP contribution in [-0.4, -0.2) is 25.8 Å². The number of nitrogens with one attached hydrogen (secondary N) is 1. The van der Waals surface area contributed by atoms with Crippen LogP contribution in [0.4, 0.5) is 5.00 Å². The zero-order chi connectivity index (χ0) is 19.3. The molecule has 0 saturated heterocycles. The van der Waals surface area contributed by atoms with Crippen molar-refractivity contribution in [2.24, 2.45) is 5.10 Å². The van der Waals surface area contributed by atoms with Gasteiger partial charge in [0.05, 0.1) is 30.0 Å². The molecule has 0 aliphatic carbocycles. The standard InChI is InChI=1S/C17H17BrN4O3S/c1-4-25-14-12(18)5-10(6-13(14)24-3)8-21-22-17(23)15-9(2)11(7-19)16(20)26-15/h5-6,8H,4,20H2,1-3H3,(H,22,23)/b21-8-. The number of carbonyl (C=O) groups is 1. The summed E-state index contributed by atoms with van der Waals surface area (Å²) >= 11 is 4.49. The Kier molecular flexibility index (Phi) is 6.60. The van der Waals surface area contributed by atoms with E-state index < -0.39 is 5.91 Å². The van der Waals surface area contributed by atoms with E-state index in [0.717, 1.165) is 11.3 Å². The molecule has 1 heterocycles. The molecule has 9 heteroatoms. The normalized spacial score (nSPS) is 10.6. The SMILES string of the molecule is CCOc1c(Br)cc(/C=N\NC(=O)c2sc(N)c(C#N)c2C)cc1OC. The predicted molar refractivity (Wildman–Crippen MR) is 105 cm³/mol. The van der Waals surface area contributed by atoms with Crippen LogP contribution < -0.4 is 20.6 Å². The number of nitrogens with two attached hydrogens (primary N) is 1. The third-order valence-corrected chi connectivity index (χ3v) is 5.12. The maximum absolute atomic E-state index is 12.2. The Balaban J connectivity index is 2.17. The lowest BCUT2D eigenvalue weighted by Crippen LogP contribution is -2.17. The van der Waals surface area contributed by atoms with E-state index in [1.807, 2.05) is 13.0 Å². The summed E-state index contributed by atoms with van der Waals surface area (Å²) in [6, 6.07) is 5.53. The van der Waals surface area contributed by atoms with Gasteiger partial charge in [0, 0.05) is 0 Å². The molecule has 1 amide bonds. The van der Waals surface area contributed by atoms with Gasteiger partial charge < -0.3 is 15.2 Å². The highest BCUT2D eigenvalue weighted by Crippen LogP contribution is 2.36. The number of thiophene rings is 1. The molecular formula is C17H17BrN4O3S. The third kappa shape index (κ3) is 4.15. The van der Waals surface area contributed by atoms with Crippen molar-refractivity contribution in [3.63, 3.8) is 0 Å². The van der Waals surface area contributed by atoms with Gasteiger partial charge in [-0.25, -0.2) is 5.43 Å². The lowest BCUT2D eigenvalue weighted by atomic mass is 10.2. The van der Waals surface area contributed by atoms with Gasteiger partial charge in [-0.1, -0.05) is 0 Å². The molecule has 26 heavy (non-hydrogen) atoms. The number of anilines is 1. The van der Waals surface area contributed by atoms with Crippen LogP contribution in [0.25, 0.3) is 0 Å². The zero-order valence-electron chi connectivity index (χ0n) is 14.4. The number of benzene rings is 1. The van der Waals surface area contributed by atoms with E-state index in [1.165, 1.54) is 6.21 Å². The first kappa shape index (κ1) is 19.8. The fourth-order valence-electron chi connectivity index (χ4n) is 2.21. The summed E-state index contributed by atoms with van der Waals surface area (Å²) in [6.45, 7) is 4.07. The highest BCUT2D eigenvalue weighted by atomic mass is 79.9. The molecule has 1 aromatic carbocycles. The molecular weight excluding hydrogens is 420 g/mol. The van der Waals surface area contributed by atoms with Crippen molar-refractivity contribution in [1.82, 2.24) is 5.43 Å². The first-order chi connectivity index (χ1) is 12.4. The Morgan fingerprint density at radius 2 is 2.27 bits per heavy atom. The molecule has 0 spiro atoms. The first-order valence-corrected chi connectivity index (χ1v) is 9.16. The van der Waals surface area contributed by atoms with Crippen LogP contribution in [0.15, 0.2) is 21.7 Å². The van der Waals surface area contributed by atoms with Crippen LogP contribution >= 0.6 is 27.3 Å². The summed E-state index contributed by atoms with van der Waals surface area (Å²) in [5.41, 5.74) is 9.76.